The molecule has 0 aliphatic carbocycles. The number of hydrogen-bond donors (Lipinski definition) is 3. The summed E-state index contributed by atoms with van der Waals surface area (Å²) in [5, 5.41) is 20.8. The molecule has 0 bridgehead atoms. The average molecular weight is 217 g/mol. The molecule has 0 aromatic heterocycles. The van der Waals surface area contributed by atoms with Crippen LogP contribution in [-0.2, 0) is 9.53 Å². The van der Waals surface area contributed by atoms with E-state index in [-0.39, 0.29) is 18.8 Å². The van der Waals surface area contributed by atoms with E-state index in [0.717, 1.165) is 12.8 Å². The van der Waals surface area contributed by atoms with Crippen molar-refractivity contribution in [3.05, 3.63) is 0 Å². The van der Waals surface area contributed by atoms with Gasteiger partial charge in [-0.3, -0.25) is 0 Å². The second kappa shape index (κ2) is 6.05. The minimum absolute atomic E-state index is 0.0355. The van der Waals surface area contributed by atoms with E-state index in [1.165, 1.54) is 0 Å². The molecule has 0 saturated carbocycles. The highest BCUT2D eigenvalue weighted by molar-refractivity contribution is 5.72. The lowest BCUT2D eigenvalue weighted by Crippen LogP contribution is -2.37. The van der Waals surface area contributed by atoms with Gasteiger partial charge in [0, 0.05) is 12.6 Å². The van der Waals surface area contributed by atoms with Gasteiger partial charge in [0.15, 0.2) is 6.10 Å². The lowest BCUT2D eigenvalue weighted by Gasteiger charge is -2.17. The predicted octanol–water partition coefficient (Wildman–Crippen LogP) is -0.0209. The van der Waals surface area contributed by atoms with Crippen molar-refractivity contribution in [2.45, 2.75) is 44.4 Å². The van der Waals surface area contributed by atoms with Crippen LogP contribution < -0.4 is 5.32 Å². The SMILES string of the molecule is CCC(CO)NCC1CCC(C(=O)O)O1. The van der Waals surface area contributed by atoms with E-state index < -0.39 is 12.1 Å². The average Bonchev–Trinajstić information content (AvgIpc) is 2.68. The van der Waals surface area contributed by atoms with Gasteiger partial charge in [0.25, 0.3) is 0 Å². The van der Waals surface area contributed by atoms with Gasteiger partial charge in [-0.2, -0.15) is 0 Å². The monoisotopic (exact) mass is 217 g/mol. The quantitative estimate of drug-likeness (QED) is 0.582. The van der Waals surface area contributed by atoms with Crippen LogP contribution in [0.3, 0.4) is 0 Å². The minimum Gasteiger partial charge on any atom is -0.479 e. The maximum Gasteiger partial charge on any atom is 0.332 e. The van der Waals surface area contributed by atoms with E-state index in [0.29, 0.717) is 13.0 Å². The predicted molar refractivity (Wildman–Crippen MR) is 54.7 cm³/mol. The number of aliphatic carboxylic acids is 1. The van der Waals surface area contributed by atoms with Gasteiger partial charge in [0.05, 0.1) is 12.7 Å². The molecule has 1 aliphatic rings. The summed E-state index contributed by atoms with van der Waals surface area (Å²) in [6, 6.07) is 0.0810. The minimum atomic E-state index is -0.883. The molecule has 0 aromatic rings. The summed E-state index contributed by atoms with van der Waals surface area (Å²) in [4.78, 5) is 10.6. The van der Waals surface area contributed by atoms with Gasteiger partial charge in [-0.15, -0.1) is 0 Å². The number of carbonyl (C=O) groups is 1. The molecule has 1 rings (SSSR count). The number of carboxylic acids is 1. The highest BCUT2D eigenvalue weighted by atomic mass is 16.5. The molecule has 1 heterocycles. The first-order chi connectivity index (χ1) is 7.17. The Kier molecular flexibility index (Phi) is 5.01. The fourth-order valence-corrected chi connectivity index (χ4v) is 1.67. The first-order valence-corrected chi connectivity index (χ1v) is 5.39. The van der Waals surface area contributed by atoms with Crippen LogP contribution in [0, 0.1) is 0 Å². The second-order valence-electron chi connectivity index (χ2n) is 3.86. The highest BCUT2D eigenvalue weighted by Gasteiger charge is 2.30. The number of ether oxygens (including phenoxy) is 1. The topological polar surface area (TPSA) is 78.8 Å². The zero-order valence-electron chi connectivity index (χ0n) is 8.98. The number of nitrogens with one attached hydrogen (secondary N) is 1. The zero-order chi connectivity index (χ0) is 11.3. The van der Waals surface area contributed by atoms with Crippen LogP contribution in [0.4, 0.5) is 0 Å². The summed E-state index contributed by atoms with van der Waals surface area (Å²) >= 11 is 0. The number of hydrogen-bond acceptors (Lipinski definition) is 4. The Bertz CT molecular complexity index is 206. The van der Waals surface area contributed by atoms with Crippen LogP contribution in [-0.4, -0.2) is 47.6 Å². The molecule has 3 atom stereocenters. The standard InChI is InChI=1S/C10H19NO4/c1-2-7(6-12)11-5-8-3-4-9(15-8)10(13)14/h7-9,11-12H,2-6H2,1H3,(H,13,14). The van der Waals surface area contributed by atoms with Crippen molar-refractivity contribution in [1.29, 1.82) is 0 Å². The van der Waals surface area contributed by atoms with E-state index in [1.54, 1.807) is 0 Å². The maximum absolute atomic E-state index is 10.6. The summed E-state index contributed by atoms with van der Waals surface area (Å²) in [6.45, 7) is 2.71. The van der Waals surface area contributed by atoms with E-state index in [2.05, 4.69) is 5.32 Å². The first kappa shape index (κ1) is 12.4. The highest BCUT2D eigenvalue weighted by Crippen LogP contribution is 2.19. The van der Waals surface area contributed by atoms with E-state index in [4.69, 9.17) is 14.9 Å². The van der Waals surface area contributed by atoms with Gasteiger partial charge in [-0.25, -0.2) is 4.79 Å². The number of aliphatic hydroxyl groups is 1. The van der Waals surface area contributed by atoms with Crippen LogP contribution in [0.1, 0.15) is 26.2 Å². The molecule has 3 N–H and O–H groups in total. The Labute approximate surface area is 89.4 Å². The summed E-state index contributed by atoms with van der Waals surface area (Å²) in [5.41, 5.74) is 0. The summed E-state index contributed by atoms with van der Waals surface area (Å²) < 4.78 is 5.32. The van der Waals surface area contributed by atoms with Gasteiger partial charge in [-0.1, -0.05) is 6.92 Å². The molecule has 15 heavy (non-hydrogen) atoms. The van der Waals surface area contributed by atoms with Gasteiger partial charge >= 0.3 is 5.97 Å². The van der Waals surface area contributed by atoms with Crippen LogP contribution in [0.15, 0.2) is 0 Å². The van der Waals surface area contributed by atoms with Crippen molar-refractivity contribution in [1.82, 2.24) is 5.32 Å². The summed E-state index contributed by atoms with van der Waals surface area (Å²) in [7, 11) is 0. The van der Waals surface area contributed by atoms with Crippen LogP contribution in [0.2, 0.25) is 0 Å². The molecular weight excluding hydrogens is 198 g/mol. The fourth-order valence-electron chi connectivity index (χ4n) is 1.67. The molecule has 1 aliphatic heterocycles. The summed E-state index contributed by atoms with van der Waals surface area (Å²) in [5.74, 6) is -0.883. The Morgan fingerprint density at radius 1 is 1.60 bits per heavy atom. The molecule has 5 heteroatoms. The maximum atomic E-state index is 10.6. The fraction of sp³-hybridized carbons (Fsp3) is 0.900. The van der Waals surface area contributed by atoms with Crippen molar-refractivity contribution in [3.8, 4) is 0 Å². The van der Waals surface area contributed by atoms with Gasteiger partial charge < -0.3 is 20.3 Å². The molecule has 0 radical (unpaired) electrons. The molecule has 5 nitrogen and oxygen atoms in total. The van der Waals surface area contributed by atoms with E-state index in [9.17, 15) is 4.79 Å². The lowest BCUT2D eigenvalue weighted by molar-refractivity contribution is -0.149. The third-order valence-electron chi connectivity index (χ3n) is 2.73. The van der Waals surface area contributed by atoms with Crippen LogP contribution >= 0.6 is 0 Å². The van der Waals surface area contributed by atoms with Crippen molar-refractivity contribution in [3.63, 3.8) is 0 Å². The Morgan fingerprint density at radius 3 is 2.80 bits per heavy atom. The van der Waals surface area contributed by atoms with Gasteiger partial charge in [0.1, 0.15) is 0 Å². The molecule has 1 saturated heterocycles. The van der Waals surface area contributed by atoms with Crippen LogP contribution in [0.25, 0.3) is 0 Å². The van der Waals surface area contributed by atoms with E-state index >= 15 is 0 Å². The van der Waals surface area contributed by atoms with Crippen LogP contribution in [0.5, 0.6) is 0 Å². The molecule has 3 unspecified atom stereocenters. The smallest absolute Gasteiger partial charge is 0.332 e. The third-order valence-corrected chi connectivity index (χ3v) is 2.73. The number of carboxylic acid groups (broad SMARTS) is 1. The normalized spacial score (nSPS) is 27.9. The molecular formula is C10H19NO4. The molecule has 88 valence electrons. The third kappa shape index (κ3) is 3.77. The molecule has 0 amide bonds. The molecule has 0 aromatic carbocycles. The molecule has 1 fully saturated rings. The van der Waals surface area contributed by atoms with Gasteiger partial charge in [-0.05, 0) is 19.3 Å². The Morgan fingerprint density at radius 2 is 2.33 bits per heavy atom. The molecule has 0 spiro atoms. The summed E-state index contributed by atoms with van der Waals surface area (Å²) in [6.07, 6.45) is 1.52. The van der Waals surface area contributed by atoms with Crippen molar-refractivity contribution in [2.24, 2.45) is 0 Å². The van der Waals surface area contributed by atoms with Crippen molar-refractivity contribution >= 4 is 5.97 Å². The second-order valence-corrected chi connectivity index (χ2v) is 3.86. The number of rotatable bonds is 6. The Hall–Kier alpha value is -0.650. The lowest BCUT2D eigenvalue weighted by atomic mass is 10.2. The van der Waals surface area contributed by atoms with E-state index in [1.807, 2.05) is 6.92 Å². The Balaban J connectivity index is 2.21. The first-order valence-electron chi connectivity index (χ1n) is 5.39. The van der Waals surface area contributed by atoms with Crippen molar-refractivity contribution < 1.29 is 19.7 Å². The van der Waals surface area contributed by atoms with Crippen molar-refractivity contribution in [2.75, 3.05) is 13.2 Å². The zero-order valence-corrected chi connectivity index (χ0v) is 8.98. The number of aliphatic hydroxyl groups excluding tert-OH is 1. The largest absolute Gasteiger partial charge is 0.479 e. The van der Waals surface area contributed by atoms with Gasteiger partial charge in [0.2, 0.25) is 0 Å².